The Labute approximate surface area is 358 Å². The Morgan fingerprint density at radius 2 is 1.25 bits per heavy atom. The van der Waals surface area contributed by atoms with Crippen LogP contribution in [0.1, 0.15) is 44.2 Å². The first kappa shape index (κ1) is 36.7. The summed E-state index contributed by atoms with van der Waals surface area (Å²) in [6.45, 7) is 4.75. The zero-order valence-electron chi connectivity index (χ0n) is 34.6. The topological polar surface area (TPSA) is 27.5 Å². The van der Waals surface area contributed by atoms with Crippen LogP contribution in [-0.4, -0.2) is 15.6 Å². The number of hydrogen-bond donors (Lipinski definition) is 0. The van der Waals surface area contributed by atoms with Gasteiger partial charge in [0.05, 0.1) is 17.2 Å². The van der Waals surface area contributed by atoms with Gasteiger partial charge in [-0.15, -0.1) is 0 Å². The van der Waals surface area contributed by atoms with Crippen molar-refractivity contribution in [1.82, 2.24) is 9.55 Å². The molecule has 0 N–H and O–H groups in total. The molecule has 2 aromatic heterocycles. The van der Waals surface area contributed by atoms with Crippen LogP contribution in [0.25, 0.3) is 27.6 Å². The summed E-state index contributed by atoms with van der Waals surface area (Å²) in [6, 6.07) is 59.4. The summed E-state index contributed by atoms with van der Waals surface area (Å²) in [5.41, 5.74) is 15.1. The second kappa shape index (κ2) is 15.0. The fourth-order valence-corrected chi connectivity index (χ4v) is 9.84. The summed E-state index contributed by atoms with van der Waals surface area (Å²) < 4.78 is 2.39. The van der Waals surface area contributed by atoms with Crippen molar-refractivity contribution < 1.29 is 0 Å². The third-order valence-electron chi connectivity index (χ3n) is 12.7. The number of benzene rings is 6. The lowest BCUT2D eigenvalue weighted by molar-refractivity contribution is 0.630. The molecule has 0 bridgehead atoms. The second-order valence-electron chi connectivity index (χ2n) is 16.7. The molecule has 0 fully saturated rings. The Balaban J connectivity index is 1.07. The molecular formula is C56H47N5. The first-order chi connectivity index (χ1) is 30.0. The van der Waals surface area contributed by atoms with E-state index in [1.54, 1.807) is 0 Å². The van der Waals surface area contributed by atoms with Gasteiger partial charge in [-0.05, 0) is 134 Å². The first-order valence-corrected chi connectivity index (χ1v) is 21.5. The van der Waals surface area contributed by atoms with Crippen molar-refractivity contribution in [2.45, 2.75) is 44.6 Å². The standard InChI is InChI=1S/C56H47N5/c1-56(2)51-27-15-16-28-53(51)61-54-50(49-26-17-37-57-55(49)61)38-48(39-52(54)56)60(46-33-29-44(30-34-46)58(40-18-7-3-8-19-40)41-20-9-4-10-21-41)47-35-31-45(32-36-47)59(42-22-11-5-12-23-42)43-24-13-6-14-25-43/h3-13,15-24,26-31,33-39,45H,14,25,32H2,1-2H3. The highest BCUT2D eigenvalue weighted by atomic mass is 15.2. The number of allylic oxidation sites excluding steroid dienone is 5. The molecule has 61 heavy (non-hydrogen) atoms. The summed E-state index contributed by atoms with van der Waals surface area (Å²) in [5.74, 6) is 0. The normalized spacial score (nSPS) is 16.2. The lowest BCUT2D eigenvalue weighted by atomic mass is 9.74. The Hall–Kier alpha value is -7.37. The van der Waals surface area contributed by atoms with Crippen molar-refractivity contribution >= 4 is 56.1 Å². The van der Waals surface area contributed by atoms with Crippen LogP contribution in [0.4, 0.5) is 34.1 Å². The lowest BCUT2D eigenvalue weighted by Gasteiger charge is -2.38. The Morgan fingerprint density at radius 1 is 0.607 bits per heavy atom. The largest absolute Gasteiger partial charge is 0.338 e. The van der Waals surface area contributed by atoms with Crippen molar-refractivity contribution in [3.05, 3.63) is 229 Å². The number of para-hydroxylation sites is 4. The number of fused-ring (bicyclic) bond motifs is 5. The molecule has 11 rings (SSSR count). The number of hydrogen-bond acceptors (Lipinski definition) is 4. The molecule has 0 saturated heterocycles. The highest BCUT2D eigenvalue weighted by Gasteiger charge is 2.36. The SMILES string of the molecule is CC1(C)c2ccccc2-n2c3ncccc3c3cc(N(C4=CCC(N(C5=CC=CCC5)c5ccccc5)C=C4)c4ccc(N(c5ccccc5)c5ccccc5)cc4)cc1c32. The predicted molar refractivity (Wildman–Crippen MR) is 255 cm³/mol. The molecule has 1 aliphatic heterocycles. The van der Waals surface area contributed by atoms with Crippen molar-refractivity contribution in [3.63, 3.8) is 0 Å². The molecule has 296 valence electrons. The third kappa shape index (κ3) is 6.27. The van der Waals surface area contributed by atoms with Crippen molar-refractivity contribution in [3.8, 4) is 5.69 Å². The summed E-state index contributed by atoms with van der Waals surface area (Å²) in [5, 5.41) is 2.37. The van der Waals surface area contributed by atoms with E-state index in [2.05, 4.69) is 233 Å². The average Bonchev–Trinajstić information content (AvgIpc) is 3.65. The number of rotatable bonds is 9. The van der Waals surface area contributed by atoms with Gasteiger partial charge in [0.25, 0.3) is 0 Å². The van der Waals surface area contributed by atoms with Gasteiger partial charge < -0.3 is 14.7 Å². The fourth-order valence-electron chi connectivity index (χ4n) is 9.84. The third-order valence-corrected chi connectivity index (χ3v) is 12.7. The maximum absolute atomic E-state index is 5.01. The average molecular weight is 790 g/mol. The molecule has 3 heterocycles. The van der Waals surface area contributed by atoms with E-state index in [1.807, 2.05) is 6.20 Å². The number of aromatic nitrogens is 2. The summed E-state index contributed by atoms with van der Waals surface area (Å²) in [6.07, 6.45) is 18.8. The van der Waals surface area contributed by atoms with Crippen LogP contribution < -0.4 is 14.7 Å². The Bertz CT molecular complexity index is 2990. The van der Waals surface area contributed by atoms with E-state index >= 15 is 0 Å². The minimum Gasteiger partial charge on any atom is -0.338 e. The molecule has 5 nitrogen and oxygen atoms in total. The minimum atomic E-state index is -0.253. The second-order valence-corrected chi connectivity index (χ2v) is 16.7. The molecule has 1 atom stereocenters. The van der Waals surface area contributed by atoms with E-state index in [0.29, 0.717) is 0 Å². The van der Waals surface area contributed by atoms with Crippen molar-refractivity contribution in [2.24, 2.45) is 0 Å². The smallest absolute Gasteiger partial charge is 0.145 e. The van der Waals surface area contributed by atoms with Crippen LogP contribution in [0.3, 0.4) is 0 Å². The molecule has 1 unspecified atom stereocenters. The predicted octanol–water partition coefficient (Wildman–Crippen LogP) is 14.4. The van der Waals surface area contributed by atoms with Gasteiger partial charge in [0.1, 0.15) is 5.65 Å². The fraction of sp³-hybridized carbons (Fsp3) is 0.125. The number of pyridine rings is 1. The molecule has 5 heteroatoms. The quantitative estimate of drug-likeness (QED) is 0.146. The zero-order valence-corrected chi connectivity index (χ0v) is 34.6. The van der Waals surface area contributed by atoms with E-state index in [1.165, 1.54) is 39.1 Å². The van der Waals surface area contributed by atoms with Crippen LogP contribution in [0.15, 0.2) is 218 Å². The molecule has 2 aliphatic carbocycles. The zero-order chi connectivity index (χ0) is 40.9. The van der Waals surface area contributed by atoms with E-state index in [0.717, 1.165) is 64.4 Å². The molecule has 6 aromatic carbocycles. The van der Waals surface area contributed by atoms with E-state index in [-0.39, 0.29) is 11.5 Å². The van der Waals surface area contributed by atoms with Gasteiger partial charge in [0.2, 0.25) is 0 Å². The van der Waals surface area contributed by atoms with Crippen LogP contribution >= 0.6 is 0 Å². The van der Waals surface area contributed by atoms with Gasteiger partial charge in [-0.25, -0.2) is 4.98 Å². The molecule has 3 aliphatic rings. The van der Waals surface area contributed by atoms with Crippen molar-refractivity contribution in [1.29, 1.82) is 0 Å². The maximum Gasteiger partial charge on any atom is 0.145 e. The van der Waals surface area contributed by atoms with E-state index in [4.69, 9.17) is 4.98 Å². The van der Waals surface area contributed by atoms with Gasteiger partial charge in [0, 0.05) is 67.9 Å². The molecule has 0 saturated carbocycles. The van der Waals surface area contributed by atoms with Gasteiger partial charge >= 0.3 is 0 Å². The molecule has 0 spiro atoms. The molecule has 8 aromatic rings. The Kier molecular flexibility index (Phi) is 9.04. The molecular weight excluding hydrogens is 743 g/mol. The monoisotopic (exact) mass is 789 g/mol. The van der Waals surface area contributed by atoms with Crippen LogP contribution in [0.5, 0.6) is 0 Å². The summed E-state index contributed by atoms with van der Waals surface area (Å²) >= 11 is 0. The van der Waals surface area contributed by atoms with Gasteiger partial charge in [-0.3, -0.25) is 4.57 Å². The van der Waals surface area contributed by atoms with Gasteiger partial charge in [0.15, 0.2) is 0 Å². The number of anilines is 6. The number of nitrogens with zero attached hydrogens (tertiary/aromatic N) is 5. The van der Waals surface area contributed by atoms with Crippen molar-refractivity contribution in [2.75, 3.05) is 14.7 Å². The minimum absolute atomic E-state index is 0.182. The maximum atomic E-state index is 5.01. The van der Waals surface area contributed by atoms with E-state index < -0.39 is 0 Å². The Morgan fingerprint density at radius 3 is 1.90 bits per heavy atom. The molecule has 0 amide bonds. The summed E-state index contributed by atoms with van der Waals surface area (Å²) in [4.78, 5) is 12.3. The highest BCUT2D eigenvalue weighted by molar-refractivity contribution is 6.12. The van der Waals surface area contributed by atoms with Gasteiger partial charge in [-0.2, -0.15) is 0 Å². The van der Waals surface area contributed by atoms with Crippen LogP contribution in [-0.2, 0) is 5.41 Å². The lowest BCUT2D eigenvalue weighted by Crippen LogP contribution is -2.35. The molecule has 0 radical (unpaired) electrons. The first-order valence-electron chi connectivity index (χ1n) is 21.5. The highest BCUT2D eigenvalue weighted by Crippen LogP contribution is 2.50. The van der Waals surface area contributed by atoms with Crippen LogP contribution in [0, 0.1) is 0 Å². The van der Waals surface area contributed by atoms with Crippen LogP contribution in [0.2, 0.25) is 0 Å². The van der Waals surface area contributed by atoms with Gasteiger partial charge in [-0.1, -0.05) is 111 Å². The summed E-state index contributed by atoms with van der Waals surface area (Å²) in [7, 11) is 0. The van der Waals surface area contributed by atoms with E-state index in [9.17, 15) is 0 Å².